The molecule has 0 aliphatic heterocycles. The molecule has 3 rings (SSSR count). The Balaban J connectivity index is 1.47. The van der Waals surface area contributed by atoms with Crippen molar-refractivity contribution in [2.45, 2.75) is 17.7 Å². The Bertz CT molecular complexity index is 957. The van der Waals surface area contributed by atoms with Crippen molar-refractivity contribution in [3.05, 3.63) is 52.6 Å². The van der Waals surface area contributed by atoms with Gasteiger partial charge >= 0.3 is 0 Å². The van der Waals surface area contributed by atoms with Crippen LogP contribution in [0.25, 0.3) is 10.2 Å². The van der Waals surface area contributed by atoms with E-state index in [9.17, 15) is 14.9 Å². The van der Waals surface area contributed by atoms with Gasteiger partial charge in [-0.2, -0.15) is 0 Å². The fourth-order valence-corrected chi connectivity index (χ4v) is 4.12. The van der Waals surface area contributed by atoms with Gasteiger partial charge in [-0.3, -0.25) is 14.9 Å². The van der Waals surface area contributed by atoms with Crippen LogP contribution >= 0.6 is 23.1 Å². The fourth-order valence-electron chi connectivity index (χ4n) is 2.36. The SMILES string of the molecule is COc1ccc(SCCCC(=O)Nc2nc3ccc([N+](=O)[O-])cc3s2)cc1. The van der Waals surface area contributed by atoms with E-state index in [4.69, 9.17) is 4.74 Å². The minimum Gasteiger partial charge on any atom is -0.497 e. The lowest BCUT2D eigenvalue weighted by Crippen LogP contribution is -2.11. The molecule has 1 N–H and O–H groups in total. The van der Waals surface area contributed by atoms with E-state index in [1.165, 1.54) is 23.5 Å². The molecule has 0 aliphatic rings. The van der Waals surface area contributed by atoms with E-state index in [0.29, 0.717) is 21.8 Å². The summed E-state index contributed by atoms with van der Waals surface area (Å²) in [4.78, 5) is 27.9. The number of hydrogen-bond donors (Lipinski definition) is 1. The molecule has 0 aliphatic carbocycles. The first-order chi connectivity index (χ1) is 13.0. The molecular formula is C18H17N3O4S2. The number of fused-ring (bicyclic) bond motifs is 1. The van der Waals surface area contributed by atoms with Crippen molar-refractivity contribution in [1.82, 2.24) is 4.98 Å². The summed E-state index contributed by atoms with van der Waals surface area (Å²) >= 11 is 2.92. The van der Waals surface area contributed by atoms with E-state index in [0.717, 1.165) is 22.8 Å². The summed E-state index contributed by atoms with van der Waals surface area (Å²) in [5.74, 6) is 1.53. The van der Waals surface area contributed by atoms with Gasteiger partial charge in [0.15, 0.2) is 5.13 Å². The summed E-state index contributed by atoms with van der Waals surface area (Å²) in [7, 11) is 1.63. The largest absolute Gasteiger partial charge is 0.497 e. The fraction of sp³-hybridized carbons (Fsp3) is 0.222. The first-order valence-electron chi connectivity index (χ1n) is 8.17. The van der Waals surface area contributed by atoms with Gasteiger partial charge in [0.05, 0.1) is 22.2 Å². The molecule has 9 heteroatoms. The standard InChI is InChI=1S/C18H17N3O4S2/c1-25-13-5-7-14(8-6-13)26-10-2-3-17(22)20-18-19-15-9-4-12(21(23)24)11-16(15)27-18/h4-9,11H,2-3,10H2,1H3,(H,19,20,22). The quantitative estimate of drug-likeness (QED) is 0.253. The second-order valence-electron chi connectivity index (χ2n) is 5.60. The van der Waals surface area contributed by atoms with Gasteiger partial charge in [-0.05, 0) is 42.5 Å². The zero-order chi connectivity index (χ0) is 19.2. The number of nitrogens with zero attached hydrogens (tertiary/aromatic N) is 2. The lowest BCUT2D eigenvalue weighted by molar-refractivity contribution is -0.384. The number of aromatic nitrogens is 1. The molecule has 0 saturated carbocycles. The number of hydrogen-bond acceptors (Lipinski definition) is 7. The van der Waals surface area contributed by atoms with Gasteiger partial charge in [0, 0.05) is 23.4 Å². The Labute approximate surface area is 163 Å². The Morgan fingerprint density at radius 1 is 1.30 bits per heavy atom. The Kier molecular flexibility index (Phi) is 6.25. The molecule has 3 aromatic rings. The number of rotatable bonds is 8. The molecule has 0 radical (unpaired) electrons. The highest BCUT2D eigenvalue weighted by Gasteiger charge is 2.12. The molecule has 0 unspecified atom stereocenters. The highest BCUT2D eigenvalue weighted by Crippen LogP contribution is 2.29. The molecule has 140 valence electrons. The van der Waals surface area contributed by atoms with Gasteiger partial charge in [-0.25, -0.2) is 4.98 Å². The molecule has 1 aromatic heterocycles. The van der Waals surface area contributed by atoms with Crippen molar-refractivity contribution in [2.75, 3.05) is 18.2 Å². The van der Waals surface area contributed by atoms with E-state index in [-0.39, 0.29) is 11.6 Å². The predicted octanol–water partition coefficient (Wildman–Crippen LogP) is 4.72. The number of methoxy groups -OCH3 is 1. The molecule has 0 bridgehead atoms. The molecular weight excluding hydrogens is 386 g/mol. The average molecular weight is 403 g/mol. The normalized spacial score (nSPS) is 10.7. The van der Waals surface area contributed by atoms with Crippen molar-refractivity contribution >= 4 is 50.0 Å². The molecule has 27 heavy (non-hydrogen) atoms. The topological polar surface area (TPSA) is 94.4 Å². The number of thiazole rings is 1. The summed E-state index contributed by atoms with van der Waals surface area (Å²) in [6, 6.07) is 12.3. The van der Waals surface area contributed by atoms with Crippen LogP contribution in [0.1, 0.15) is 12.8 Å². The molecule has 7 nitrogen and oxygen atoms in total. The van der Waals surface area contributed by atoms with E-state index in [1.54, 1.807) is 24.9 Å². The lowest BCUT2D eigenvalue weighted by Gasteiger charge is -2.04. The molecule has 0 saturated heterocycles. The van der Waals surface area contributed by atoms with Crippen molar-refractivity contribution in [3.8, 4) is 5.75 Å². The van der Waals surface area contributed by atoms with Crippen molar-refractivity contribution < 1.29 is 14.5 Å². The van der Waals surface area contributed by atoms with E-state index >= 15 is 0 Å². The lowest BCUT2D eigenvalue weighted by atomic mass is 10.3. The van der Waals surface area contributed by atoms with E-state index in [2.05, 4.69) is 10.3 Å². The van der Waals surface area contributed by atoms with Crippen LogP contribution in [0.5, 0.6) is 5.75 Å². The maximum absolute atomic E-state index is 12.1. The summed E-state index contributed by atoms with van der Waals surface area (Å²) in [6.07, 6.45) is 1.12. The number of nitro benzene ring substituents is 1. The number of carbonyl (C=O) groups excluding carboxylic acids is 1. The third-order valence-corrected chi connectivity index (χ3v) is 5.74. The smallest absolute Gasteiger partial charge is 0.270 e. The molecule has 1 heterocycles. The van der Waals surface area contributed by atoms with Crippen LogP contribution in [0.15, 0.2) is 47.4 Å². The first-order valence-corrected chi connectivity index (χ1v) is 9.97. The molecule has 2 aromatic carbocycles. The summed E-state index contributed by atoms with van der Waals surface area (Å²) in [5, 5.41) is 14.0. The molecule has 0 fully saturated rings. The van der Waals surface area contributed by atoms with Crippen molar-refractivity contribution in [3.63, 3.8) is 0 Å². The van der Waals surface area contributed by atoms with Crippen LogP contribution in [0.2, 0.25) is 0 Å². The Morgan fingerprint density at radius 2 is 2.07 bits per heavy atom. The third-order valence-electron chi connectivity index (χ3n) is 3.71. The number of carbonyl (C=O) groups is 1. The minimum atomic E-state index is -0.447. The zero-order valence-corrected chi connectivity index (χ0v) is 16.1. The van der Waals surface area contributed by atoms with Gasteiger partial charge < -0.3 is 10.1 Å². The van der Waals surface area contributed by atoms with Crippen LogP contribution in [0, 0.1) is 10.1 Å². The summed E-state index contributed by atoms with van der Waals surface area (Å²) in [6.45, 7) is 0. The number of thioether (sulfide) groups is 1. The number of nitrogens with one attached hydrogen (secondary N) is 1. The number of non-ortho nitro benzene ring substituents is 1. The average Bonchev–Trinajstić information content (AvgIpc) is 3.06. The summed E-state index contributed by atoms with van der Waals surface area (Å²) in [5.41, 5.74) is 0.649. The van der Waals surface area contributed by atoms with Crippen LogP contribution in [0.3, 0.4) is 0 Å². The second-order valence-corrected chi connectivity index (χ2v) is 7.80. The maximum atomic E-state index is 12.1. The number of amides is 1. The third kappa shape index (κ3) is 5.18. The van der Waals surface area contributed by atoms with Gasteiger partial charge in [-0.15, -0.1) is 11.8 Å². The number of nitro groups is 1. The van der Waals surface area contributed by atoms with Crippen LogP contribution < -0.4 is 10.1 Å². The number of anilines is 1. The minimum absolute atomic E-state index is 0.0135. The van der Waals surface area contributed by atoms with Gasteiger partial charge in [0.2, 0.25) is 5.91 Å². The van der Waals surface area contributed by atoms with Gasteiger partial charge in [0.1, 0.15) is 5.75 Å². The van der Waals surface area contributed by atoms with E-state index < -0.39 is 4.92 Å². The molecule has 0 atom stereocenters. The zero-order valence-electron chi connectivity index (χ0n) is 14.5. The number of ether oxygens (including phenoxy) is 1. The van der Waals surface area contributed by atoms with Crippen LogP contribution in [-0.2, 0) is 4.79 Å². The number of benzene rings is 2. The highest BCUT2D eigenvalue weighted by molar-refractivity contribution is 7.99. The van der Waals surface area contributed by atoms with Crippen LogP contribution in [-0.4, -0.2) is 28.7 Å². The maximum Gasteiger partial charge on any atom is 0.270 e. The Morgan fingerprint density at radius 3 is 2.78 bits per heavy atom. The Hall–Kier alpha value is -2.65. The second kappa shape index (κ2) is 8.83. The highest BCUT2D eigenvalue weighted by atomic mass is 32.2. The van der Waals surface area contributed by atoms with Crippen molar-refractivity contribution in [2.24, 2.45) is 0 Å². The van der Waals surface area contributed by atoms with Crippen LogP contribution in [0.4, 0.5) is 10.8 Å². The van der Waals surface area contributed by atoms with Crippen molar-refractivity contribution in [1.29, 1.82) is 0 Å². The van der Waals surface area contributed by atoms with Gasteiger partial charge in [-0.1, -0.05) is 11.3 Å². The van der Waals surface area contributed by atoms with E-state index in [1.807, 2.05) is 24.3 Å². The molecule has 0 spiro atoms. The summed E-state index contributed by atoms with van der Waals surface area (Å²) < 4.78 is 5.80. The predicted molar refractivity (Wildman–Crippen MR) is 108 cm³/mol. The molecule has 1 amide bonds. The first kappa shape index (κ1) is 19.1. The van der Waals surface area contributed by atoms with Gasteiger partial charge in [0.25, 0.3) is 5.69 Å². The monoisotopic (exact) mass is 403 g/mol.